The smallest absolute Gasteiger partial charge is 0.257 e. The van der Waals surface area contributed by atoms with Crippen molar-refractivity contribution in [3.05, 3.63) is 82.6 Å². The molecule has 0 aliphatic rings. The van der Waals surface area contributed by atoms with E-state index in [4.69, 9.17) is 11.6 Å². The fraction of sp³-hybridized carbons (Fsp3) is 0. The molecule has 0 heterocycles. The minimum absolute atomic E-state index is 0.0450. The Morgan fingerprint density at radius 3 is 2.42 bits per heavy atom. The van der Waals surface area contributed by atoms with Crippen LogP contribution < -0.4 is 5.32 Å². The molecule has 3 aromatic rings. The lowest BCUT2D eigenvalue weighted by molar-refractivity contribution is 0.102. The quantitative estimate of drug-likeness (QED) is 0.643. The molecule has 0 spiro atoms. The number of halogens is 4. The van der Waals surface area contributed by atoms with Crippen LogP contribution in [-0.4, -0.2) is 11.0 Å². The van der Waals surface area contributed by atoms with E-state index in [1.807, 2.05) is 0 Å². The molecule has 132 valence electrons. The predicted molar refractivity (Wildman–Crippen MR) is 92.8 cm³/mol. The summed E-state index contributed by atoms with van der Waals surface area (Å²) in [7, 11) is 0. The standard InChI is InChI=1S/C19H11ClF3NO2/c20-14-5-4-11(10-2-1-3-12(21)8-10)9-13(14)19(26)24-18-15(22)6-7-16(25)17(18)23/h1-9,25H,(H,24,26). The van der Waals surface area contributed by atoms with E-state index < -0.39 is 34.8 Å². The lowest BCUT2D eigenvalue weighted by Crippen LogP contribution is -2.15. The van der Waals surface area contributed by atoms with E-state index in [1.165, 1.54) is 30.3 Å². The number of hydrogen-bond acceptors (Lipinski definition) is 2. The molecule has 3 rings (SSSR count). The SMILES string of the molecule is O=C(Nc1c(F)ccc(O)c1F)c1cc(-c2cccc(F)c2)ccc1Cl. The summed E-state index contributed by atoms with van der Waals surface area (Å²) in [5.74, 6) is -4.48. The molecule has 0 radical (unpaired) electrons. The summed E-state index contributed by atoms with van der Waals surface area (Å²) in [5.41, 5.74) is 0.152. The third kappa shape index (κ3) is 3.50. The van der Waals surface area contributed by atoms with Crippen LogP contribution in [-0.2, 0) is 0 Å². The zero-order valence-electron chi connectivity index (χ0n) is 13.1. The Balaban J connectivity index is 1.98. The van der Waals surface area contributed by atoms with Crippen LogP contribution in [0.5, 0.6) is 5.75 Å². The van der Waals surface area contributed by atoms with Crippen LogP contribution in [0.25, 0.3) is 11.1 Å². The highest BCUT2D eigenvalue weighted by Gasteiger charge is 2.19. The minimum atomic E-state index is -1.30. The summed E-state index contributed by atoms with van der Waals surface area (Å²) in [4.78, 5) is 12.4. The van der Waals surface area contributed by atoms with Crippen LogP contribution in [0.15, 0.2) is 54.6 Å². The van der Waals surface area contributed by atoms with Crippen molar-refractivity contribution in [3.63, 3.8) is 0 Å². The topological polar surface area (TPSA) is 49.3 Å². The maximum atomic E-state index is 13.8. The number of carbonyl (C=O) groups is 1. The zero-order valence-corrected chi connectivity index (χ0v) is 13.8. The van der Waals surface area contributed by atoms with Crippen LogP contribution in [0, 0.1) is 17.5 Å². The van der Waals surface area contributed by atoms with Gasteiger partial charge in [-0.05, 0) is 47.5 Å². The average molecular weight is 378 g/mol. The third-order valence-corrected chi connectivity index (χ3v) is 4.01. The monoisotopic (exact) mass is 377 g/mol. The predicted octanol–water partition coefficient (Wildman–Crippen LogP) is 5.38. The summed E-state index contributed by atoms with van der Waals surface area (Å²) >= 11 is 6.02. The fourth-order valence-electron chi connectivity index (χ4n) is 2.38. The molecule has 0 saturated carbocycles. The summed E-state index contributed by atoms with van der Waals surface area (Å²) in [6.45, 7) is 0. The van der Waals surface area contributed by atoms with Crippen molar-refractivity contribution in [3.8, 4) is 16.9 Å². The van der Waals surface area contributed by atoms with Gasteiger partial charge >= 0.3 is 0 Å². The maximum absolute atomic E-state index is 13.8. The van der Waals surface area contributed by atoms with Gasteiger partial charge in [-0.2, -0.15) is 0 Å². The lowest BCUT2D eigenvalue weighted by Gasteiger charge is -2.11. The molecule has 3 aromatic carbocycles. The molecule has 0 bridgehead atoms. The third-order valence-electron chi connectivity index (χ3n) is 3.68. The van der Waals surface area contributed by atoms with E-state index >= 15 is 0 Å². The minimum Gasteiger partial charge on any atom is -0.505 e. The molecule has 2 N–H and O–H groups in total. The van der Waals surface area contributed by atoms with Crippen LogP contribution >= 0.6 is 11.6 Å². The van der Waals surface area contributed by atoms with Crippen LogP contribution in [0.1, 0.15) is 10.4 Å². The van der Waals surface area contributed by atoms with E-state index in [2.05, 4.69) is 5.32 Å². The highest BCUT2D eigenvalue weighted by atomic mass is 35.5. The number of hydrogen-bond donors (Lipinski definition) is 2. The van der Waals surface area contributed by atoms with Crippen molar-refractivity contribution in [2.45, 2.75) is 0 Å². The summed E-state index contributed by atoms with van der Waals surface area (Å²) in [6, 6.07) is 11.7. The lowest BCUT2D eigenvalue weighted by atomic mass is 10.0. The Morgan fingerprint density at radius 1 is 0.962 bits per heavy atom. The van der Waals surface area contributed by atoms with Gasteiger partial charge in [-0.15, -0.1) is 0 Å². The summed E-state index contributed by atoms with van der Waals surface area (Å²) < 4.78 is 41.0. The van der Waals surface area contributed by atoms with Crippen molar-refractivity contribution in [2.24, 2.45) is 0 Å². The Labute approximate surface area is 151 Å². The Hall–Kier alpha value is -2.99. The first-order valence-corrected chi connectivity index (χ1v) is 7.78. The molecule has 0 aliphatic heterocycles. The first-order valence-electron chi connectivity index (χ1n) is 7.40. The van der Waals surface area contributed by atoms with E-state index in [0.717, 1.165) is 12.1 Å². The number of benzene rings is 3. The second-order valence-corrected chi connectivity index (χ2v) is 5.82. The van der Waals surface area contributed by atoms with Crippen molar-refractivity contribution < 1.29 is 23.1 Å². The van der Waals surface area contributed by atoms with Crippen molar-refractivity contribution in [1.29, 1.82) is 0 Å². The number of phenols is 1. The van der Waals surface area contributed by atoms with E-state index in [-0.39, 0.29) is 10.6 Å². The zero-order chi connectivity index (χ0) is 18.8. The molecule has 0 aliphatic carbocycles. The highest BCUT2D eigenvalue weighted by Crippen LogP contribution is 2.29. The molecule has 0 aromatic heterocycles. The number of amides is 1. The maximum Gasteiger partial charge on any atom is 0.257 e. The molecule has 0 fully saturated rings. The summed E-state index contributed by atoms with van der Waals surface area (Å²) in [5, 5.41) is 11.4. The number of carbonyl (C=O) groups excluding carboxylic acids is 1. The number of aromatic hydroxyl groups is 1. The largest absolute Gasteiger partial charge is 0.505 e. The highest BCUT2D eigenvalue weighted by molar-refractivity contribution is 6.34. The van der Waals surface area contributed by atoms with Crippen molar-refractivity contribution in [2.75, 3.05) is 5.32 Å². The van der Waals surface area contributed by atoms with Gasteiger partial charge in [0.2, 0.25) is 0 Å². The molecule has 3 nitrogen and oxygen atoms in total. The second-order valence-electron chi connectivity index (χ2n) is 5.41. The van der Waals surface area contributed by atoms with Gasteiger partial charge in [0.25, 0.3) is 5.91 Å². The number of nitrogens with one attached hydrogen (secondary N) is 1. The van der Waals surface area contributed by atoms with Gasteiger partial charge in [-0.3, -0.25) is 4.79 Å². The summed E-state index contributed by atoms with van der Waals surface area (Å²) in [6.07, 6.45) is 0. The first-order chi connectivity index (χ1) is 12.4. The van der Waals surface area contributed by atoms with Crippen LogP contribution in [0.2, 0.25) is 5.02 Å². The molecule has 0 unspecified atom stereocenters. The second kappa shape index (κ2) is 7.09. The van der Waals surface area contributed by atoms with Crippen LogP contribution in [0.3, 0.4) is 0 Å². The van der Waals surface area contributed by atoms with E-state index in [9.17, 15) is 23.1 Å². The Bertz CT molecular complexity index is 1010. The van der Waals surface area contributed by atoms with Gasteiger partial charge < -0.3 is 10.4 Å². The van der Waals surface area contributed by atoms with E-state index in [1.54, 1.807) is 12.1 Å². The normalized spacial score (nSPS) is 10.6. The van der Waals surface area contributed by atoms with Crippen molar-refractivity contribution >= 4 is 23.2 Å². The number of anilines is 1. The molecule has 7 heteroatoms. The van der Waals surface area contributed by atoms with Gasteiger partial charge in [0, 0.05) is 0 Å². The van der Waals surface area contributed by atoms with Gasteiger partial charge in [-0.25, -0.2) is 13.2 Å². The Morgan fingerprint density at radius 2 is 1.69 bits per heavy atom. The molecular formula is C19H11ClF3NO2. The van der Waals surface area contributed by atoms with Gasteiger partial charge in [0.05, 0.1) is 10.6 Å². The van der Waals surface area contributed by atoms with Crippen molar-refractivity contribution in [1.82, 2.24) is 0 Å². The van der Waals surface area contributed by atoms with Crippen LogP contribution in [0.4, 0.5) is 18.9 Å². The Kier molecular flexibility index (Phi) is 4.86. The molecule has 0 saturated heterocycles. The van der Waals surface area contributed by atoms with E-state index in [0.29, 0.717) is 11.1 Å². The number of phenolic OH excluding ortho intramolecular Hbond substituents is 1. The molecule has 26 heavy (non-hydrogen) atoms. The van der Waals surface area contributed by atoms with Gasteiger partial charge in [0.1, 0.15) is 17.3 Å². The average Bonchev–Trinajstić information content (AvgIpc) is 2.62. The first kappa shape index (κ1) is 17.8. The molecule has 1 amide bonds. The molecular weight excluding hydrogens is 367 g/mol. The number of rotatable bonds is 3. The van der Waals surface area contributed by atoms with Gasteiger partial charge in [-0.1, -0.05) is 29.8 Å². The fourth-order valence-corrected chi connectivity index (χ4v) is 2.59. The molecule has 0 atom stereocenters. The van der Waals surface area contributed by atoms with Gasteiger partial charge in [0.15, 0.2) is 11.6 Å².